The summed E-state index contributed by atoms with van der Waals surface area (Å²) in [6.07, 6.45) is 8.62. The van der Waals surface area contributed by atoms with E-state index < -0.39 is 8.07 Å². The van der Waals surface area contributed by atoms with E-state index in [1.165, 1.54) is 69.4 Å². The van der Waals surface area contributed by atoms with Gasteiger partial charge in [0.25, 0.3) is 0 Å². The van der Waals surface area contributed by atoms with Gasteiger partial charge in [0.05, 0.1) is 29.4 Å². The lowest BCUT2D eigenvalue weighted by molar-refractivity contribution is 0.393. The maximum atomic E-state index is 6.36. The van der Waals surface area contributed by atoms with E-state index in [0.717, 1.165) is 28.4 Å². The van der Waals surface area contributed by atoms with Crippen LogP contribution in [0.15, 0.2) is 65.7 Å². The van der Waals surface area contributed by atoms with Gasteiger partial charge in [-0.1, -0.05) is 114 Å². The predicted octanol–water partition coefficient (Wildman–Crippen LogP) is 12.6. The molecule has 0 fully saturated rings. The third kappa shape index (κ3) is 5.86. The summed E-state index contributed by atoms with van der Waals surface area (Å²) < 4.78 is 17.9. The monoisotopic (exact) mass is 710 g/mol. The van der Waals surface area contributed by atoms with Gasteiger partial charge in [0.15, 0.2) is 0 Å². The highest BCUT2D eigenvalue weighted by molar-refractivity contribution is 6.81. The van der Waals surface area contributed by atoms with Crippen LogP contribution in [-0.4, -0.2) is 29.4 Å². The molecule has 3 aliphatic carbocycles. The minimum absolute atomic E-state index is 0.126. The molecule has 0 saturated heterocycles. The van der Waals surface area contributed by atoms with Gasteiger partial charge >= 0.3 is 0 Å². The zero-order chi connectivity index (χ0) is 37.5. The summed E-state index contributed by atoms with van der Waals surface area (Å²) in [6, 6.07) is 20.8. The highest BCUT2D eigenvalue weighted by Crippen LogP contribution is 2.58. The van der Waals surface area contributed by atoms with Crippen LogP contribution >= 0.6 is 0 Å². The van der Waals surface area contributed by atoms with Crippen LogP contribution in [-0.2, 0) is 23.7 Å². The van der Waals surface area contributed by atoms with E-state index in [4.69, 9.17) is 14.2 Å². The number of hydrogen-bond donors (Lipinski definition) is 0. The van der Waals surface area contributed by atoms with Crippen LogP contribution in [0.5, 0.6) is 17.2 Å². The second kappa shape index (κ2) is 12.8. The van der Waals surface area contributed by atoms with Gasteiger partial charge in [0.1, 0.15) is 17.2 Å². The fourth-order valence-corrected chi connectivity index (χ4v) is 14.9. The fraction of sp³-hybridized carbons (Fsp3) is 0.417. The van der Waals surface area contributed by atoms with Gasteiger partial charge in [-0.05, 0) is 112 Å². The molecule has 0 aliphatic heterocycles. The molecule has 4 aromatic carbocycles. The highest BCUT2D eigenvalue weighted by atomic mass is 28.3. The molecule has 3 aliphatic rings. The van der Waals surface area contributed by atoms with E-state index >= 15 is 0 Å². The summed E-state index contributed by atoms with van der Waals surface area (Å²) >= 11 is 0. The average Bonchev–Trinajstić information content (AvgIpc) is 3.79. The first-order valence-corrected chi connectivity index (χ1v) is 22.3. The Morgan fingerprint density at radius 1 is 0.615 bits per heavy atom. The van der Waals surface area contributed by atoms with Crippen molar-refractivity contribution in [2.75, 3.05) is 21.3 Å². The number of methoxy groups -OCH3 is 3. The molecule has 0 bridgehead atoms. The SMILES string of the molecule is COc1cc(OC)cc(-c2c3c(cc(C(C)(C)C)c2OC)C([Si](C)(C)C2C(C)=Cc4c2cc2c(c4-c4ccc(C(C)(C)C)cc4)CCC2)C(C)=C3)c1. The molecular weight excluding hydrogens is 653 g/mol. The molecule has 4 aromatic rings. The molecule has 0 radical (unpaired) electrons. The third-order valence-corrected chi connectivity index (χ3v) is 16.8. The molecule has 3 nitrogen and oxygen atoms in total. The molecule has 0 spiro atoms. The molecule has 2 unspecified atom stereocenters. The first-order chi connectivity index (χ1) is 24.5. The summed E-state index contributed by atoms with van der Waals surface area (Å²) in [7, 11) is 3.10. The van der Waals surface area contributed by atoms with Gasteiger partial charge in [-0.25, -0.2) is 0 Å². The number of allylic oxidation sites excluding steroid dienone is 2. The molecule has 0 heterocycles. The number of hydrogen-bond acceptors (Lipinski definition) is 3. The van der Waals surface area contributed by atoms with Gasteiger partial charge in [-0.3, -0.25) is 0 Å². The lowest BCUT2D eigenvalue weighted by Gasteiger charge is -2.40. The Hall–Kier alpha value is -4.02. The van der Waals surface area contributed by atoms with E-state index in [1.54, 1.807) is 30.9 Å². The van der Waals surface area contributed by atoms with Crippen molar-refractivity contribution >= 4 is 20.2 Å². The minimum atomic E-state index is -2.15. The summed E-state index contributed by atoms with van der Waals surface area (Å²) in [5.74, 6) is 2.48. The van der Waals surface area contributed by atoms with E-state index in [9.17, 15) is 0 Å². The topological polar surface area (TPSA) is 27.7 Å². The summed E-state index contributed by atoms with van der Waals surface area (Å²) in [4.78, 5) is 0. The number of ether oxygens (including phenoxy) is 3. The third-order valence-electron chi connectivity index (χ3n) is 12.3. The maximum absolute atomic E-state index is 6.36. The summed E-state index contributed by atoms with van der Waals surface area (Å²) in [6.45, 7) is 23.9. The van der Waals surface area contributed by atoms with Gasteiger partial charge in [0, 0.05) is 28.3 Å². The first kappa shape index (κ1) is 36.3. The van der Waals surface area contributed by atoms with E-state index in [1.807, 2.05) is 13.2 Å². The molecule has 52 heavy (non-hydrogen) atoms. The molecule has 4 heteroatoms. The molecule has 0 N–H and O–H groups in total. The van der Waals surface area contributed by atoms with E-state index in [0.29, 0.717) is 11.1 Å². The lowest BCUT2D eigenvalue weighted by Crippen LogP contribution is -2.42. The summed E-state index contributed by atoms with van der Waals surface area (Å²) in [5.41, 5.74) is 20.3. The molecule has 2 atom stereocenters. The van der Waals surface area contributed by atoms with Crippen molar-refractivity contribution in [2.45, 2.75) is 110 Å². The molecule has 0 amide bonds. The fourth-order valence-electron chi connectivity index (χ4n) is 10.0. The normalized spacial score (nSPS) is 18.1. The second-order valence-electron chi connectivity index (χ2n) is 18.2. The minimum Gasteiger partial charge on any atom is -0.497 e. The Kier molecular flexibility index (Phi) is 8.97. The van der Waals surface area contributed by atoms with Crippen molar-refractivity contribution in [3.63, 3.8) is 0 Å². The van der Waals surface area contributed by atoms with Crippen LogP contribution < -0.4 is 14.2 Å². The highest BCUT2D eigenvalue weighted by Gasteiger charge is 2.48. The van der Waals surface area contributed by atoms with Gasteiger partial charge in [-0.2, -0.15) is 0 Å². The van der Waals surface area contributed by atoms with Crippen LogP contribution in [0.25, 0.3) is 34.4 Å². The Labute approximate surface area is 314 Å². The van der Waals surface area contributed by atoms with Gasteiger partial charge < -0.3 is 14.2 Å². The van der Waals surface area contributed by atoms with Crippen LogP contribution in [0.1, 0.15) is 117 Å². The lowest BCUT2D eigenvalue weighted by atomic mass is 9.81. The summed E-state index contributed by atoms with van der Waals surface area (Å²) in [5, 5.41) is 0. The van der Waals surface area contributed by atoms with Gasteiger partial charge in [-0.15, -0.1) is 0 Å². The van der Waals surface area contributed by atoms with Crippen molar-refractivity contribution < 1.29 is 14.2 Å². The molecule has 0 aromatic heterocycles. The van der Waals surface area contributed by atoms with E-state index in [-0.39, 0.29) is 10.8 Å². The Morgan fingerprint density at radius 3 is 1.69 bits per heavy atom. The average molecular weight is 711 g/mol. The Balaban J connectivity index is 1.42. The number of fused-ring (bicyclic) bond motifs is 3. The van der Waals surface area contributed by atoms with Crippen molar-refractivity contribution in [3.05, 3.63) is 110 Å². The van der Waals surface area contributed by atoms with Crippen LogP contribution in [0.2, 0.25) is 13.1 Å². The van der Waals surface area contributed by atoms with Crippen LogP contribution in [0, 0.1) is 0 Å². The van der Waals surface area contributed by atoms with Crippen LogP contribution in [0.4, 0.5) is 0 Å². The Morgan fingerprint density at radius 2 is 1.17 bits per heavy atom. The quantitative estimate of drug-likeness (QED) is 0.179. The van der Waals surface area contributed by atoms with Crippen molar-refractivity contribution in [1.82, 2.24) is 0 Å². The maximum Gasteiger partial charge on any atom is 0.131 e. The molecule has 0 saturated carbocycles. The first-order valence-electron chi connectivity index (χ1n) is 19.1. The van der Waals surface area contributed by atoms with Crippen LogP contribution in [0.3, 0.4) is 0 Å². The molecular formula is C48H58O3Si. The smallest absolute Gasteiger partial charge is 0.131 e. The van der Waals surface area contributed by atoms with Crippen molar-refractivity contribution in [3.8, 4) is 39.5 Å². The molecule has 272 valence electrons. The standard InChI is InChI=1S/C48H58O3Si/c1-28-21-37-39(25-31-15-14-16-36(31)42(37)30-17-19-33(20-18-30)47(3,4)5)45(28)52(12,13)46-29(2)22-38-40(46)27-41(48(6,7)8)44(51-11)43(38)32-23-34(49-9)26-35(24-32)50-10/h17-27,45-46H,14-16H2,1-13H3. The van der Waals surface area contributed by atoms with Gasteiger partial charge in [0.2, 0.25) is 0 Å². The number of rotatable bonds is 7. The van der Waals surface area contributed by atoms with Crippen molar-refractivity contribution in [1.29, 1.82) is 0 Å². The largest absolute Gasteiger partial charge is 0.497 e. The second-order valence-corrected chi connectivity index (χ2v) is 23.0. The number of aryl methyl sites for hydroxylation is 1. The molecule has 7 rings (SSSR count). The zero-order valence-corrected chi connectivity index (χ0v) is 34.9. The Bertz CT molecular complexity index is 2110. The zero-order valence-electron chi connectivity index (χ0n) is 33.9. The van der Waals surface area contributed by atoms with Crippen molar-refractivity contribution in [2.24, 2.45) is 0 Å². The number of benzene rings is 4. The predicted molar refractivity (Wildman–Crippen MR) is 223 cm³/mol. The van der Waals surface area contributed by atoms with E-state index in [2.05, 4.69) is 129 Å².